The lowest BCUT2D eigenvalue weighted by molar-refractivity contribution is 0.420. The SMILES string of the molecule is COc1cccc2c1c(NS(=O)(=O)c1ccc(Cl)s1)nn2Cc1ccc(S(N)(=O)=O)cc1. The fraction of sp³-hybridized carbons (Fsp3) is 0.105. The van der Waals surface area contributed by atoms with Gasteiger partial charge in [0.15, 0.2) is 5.82 Å². The molecule has 2 aromatic heterocycles. The van der Waals surface area contributed by atoms with Crippen molar-refractivity contribution in [3.05, 3.63) is 64.5 Å². The molecule has 0 bridgehead atoms. The zero-order valence-electron chi connectivity index (χ0n) is 16.5. The lowest BCUT2D eigenvalue weighted by atomic mass is 10.2. The highest BCUT2D eigenvalue weighted by Gasteiger charge is 2.23. The van der Waals surface area contributed by atoms with Crippen LogP contribution < -0.4 is 14.6 Å². The number of ether oxygens (including phenoxy) is 1. The number of thiophene rings is 1. The Kier molecular flexibility index (Phi) is 5.90. The third-order valence-electron chi connectivity index (χ3n) is 4.59. The summed E-state index contributed by atoms with van der Waals surface area (Å²) in [6.07, 6.45) is 0. The zero-order chi connectivity index (χ0) is 23.1. The monoisotopic (exact) mass is 512 g/mol. The Morgan fingerprint density at radius 2 is 1.81 bits per heavy atom. The summed E-state index contributed by atoms with van der Waals surface area (Å²) >= 11 is 6.82. The number of halogens is 1. The summed E-state index contributed by atoms with van der Waals surface area (Å²) in [7, 11) is -6.24. The van der Waals surface area contributed by atoms with Crippen molar-refractivity contribution in [2.24, 2.45) is 5.14 Å². The molecule has 2 aromatic carbocycles. The Hall–Kier alpha value is -2.64. The number of anilines is 1. The minimum atomic E-state index is -3.92. The maximum Gasteiger partial charge on any atom is 0.272 e. The number of nitrogens with one attached hydrogen (secondary N) is 1. The van der Waals surface area contributed by atoms with Crippen LogP contribution in [-0.4, -0.2) is 33.7 Å². The molecule has 0 aliphatic heterocycles. The average molecular weight is 513 g/mol. The summed E-state index contributed by atoms with van der Waals surface area (Å²) in [5.41, 5.74) is 1.37. The van der Waals surface area contributed by atoms with Gasteiger partial charge in [-0.15, -0.1) is 11.3 Å². The molecule has 0 saturated heterocycles. The van der Waals surface area contributed by atoms with E-state index in [1.165, 1.54) is 31.4 Å². The molecule has 0 atom stereocenters. The number of benzene rings is 2. The molecule has 32 heavy (non-hydrogen) atoms. The molecule has 168 valence electrons. The molecule has 4 aromatic rings. The third-order valence-corrected chi connectivity index (χ3v) is 8.58. The number of primary sulfonamides is 1. The van der Waals surface area contributed by atoms with E-state index in [9.17, 15) is 16.8 Å². The molecule has 0 aliphatic rings. The Balaban J connectivity index is 1.76. The molecule has 0 unspecified atom stereocenters. The largest absolute Gasteiger partial charge is 0.496 e. The molecule has 13 heteroatoms. The molecule has 0 fully saturated rings. The van der Waals surface area contributed by atoms with Crippen molar-refractivity contribution < 1.29 is 21.6 Å². The van der Waals surface area contributed by atoms with Gasteiger partial charge in [0.05, 0.1) is 33.8 Å². The maximum atomic E-state index is 12.8. The third kappa shape index (κ3) is 4.45. The van der Waals surface area contributed by atoms with Crippen LogP contribution >= 0.6 is 22.9 Å². The van der Waals surface area contributed by atoms with Crippen LogP contribution in [0.1, 0.15) is 5.56 Å². The number of aromatic nitrogens is 2. The summed E-state index contributed by atoms with van der Waals surface area (Å²) < 4.78 is 58.6. The van der Waals surface area contributed by atoms with E-state index in [1.54, 1.807) is 35.0 Å². The van der Waals surface area contributed by atoms with Crippen LogP contribution in [0.5, 0.6) is 5.75 Å². The lowest BCUT2D eigenvalue weighted by Crippen LogP contribution is -2.13. The van der Waals surface area contributed by atoms with Crippen molar-refractivity contribution in [2.45, 2.75) is 15.6 Å². The van der Waals surface area contributed by atoms with E-state index < -0.39 is 20.0 Å². The van der Waals surface area contributed by atoms with Crippen molar-refractivity contribution >= 4 is 59.7 Å². The van der Waals surface area contributed by atoms with Crippen molar-refractivity contribution in [3.8, 4) is 5.75 Å². The molecule has 0 aliphatic carbocycles. The molecule has 0 spiro atoms. The topological polar surface area (TPSA) is 133 Å². The van der Waals surface area contributed by atoms with Gasteiger partial charge in [-0.1, -0.05) is 29.8 Å². The fourth-order valence-electron chi connectivity index (χ4n) is 3.14. The van der Waals surface area contributed by atoms with Gasteiger partial charge in [-0.2, -0.15) is 5.10 Å². The molecule has 9 nitrogen and oxygen atoms in total. The van der Waals surface area contributed by atoms with Crippen LogP contribution in [0.4, 0.5) is 5.82 Å². The number of hydrogen-bond donors (Lipinski definition) is 2. The van der Waals surface area contributed by atoms with Gasteiger partial charge < -0.3 is 4.74 Å². The molecule has 0 amide bonds. The van der Waals surface area contributed by atoms with Crippen molar-refractivity contribution in [1.82, 2.24) is 9.78 Å². The first-order valence-electron chi connectivity index (χ1n) is 9.02. The van der Waals surface area contributed by atoms with Gasteiger partial charge in [0, 0.05) is 0 Å². The van der Waals surface area contributed by atoms with Gasteiger partial charge in [-0.05, 0) is 42.0 Å². The van der Waals surface area contributed by atoms with E-state index in [-0.39, 0.29) is 21.5 Å². The number of nitrogens with zero attached hydrogens (tertiary/aromatic N) is 2. The second kappa shape index (κ2) is 8.37. The van der Waals surface area contributed by atoms with Gasteiger partial charge >= 0.3 is 0 Å². The van der Waals surface area contributed by atoms with Gasteiger partial charge in [0.25, 0.3) is 10.0 Å². The predicted molar refractivity (Wildman–Crippen MR) is 123 cm³/mol. The highest BCUT2D eigenvalue weighted by Crippen LogP contribution is 2.35. The molecular formula is C19H17ClN4O5S3. The summed E-state index contributed by atoms with van der Waals surface area (Å²) in [5.74, 6) is 0.545. The van der Waals surface area contributed by atoms with Crippen molar-refractivity contribution in [2.75, 3.05) is 11.8 Å². The first kappa shape index (κ1) is 22.6. The van der Waals surface area contributed by atoms with Gasteiger partial charge in [-0.3, -0.25) is 9.40 Å². The number of rotatable bonds is 7. The van der Waals surface area contributed by atoms with Crippen molar-refractivity contribution in [3.63, 3.8) is 0 Å². The normalized spacial score (nSPS) is 12.2. The lowest BCUT2D eigenvalue weighted by Gasteiger charge is -2.06. The second-order valence-corrected chi connectivity index (χ2v) is 11.9. The molecule has 2 heterocycles. The summed E-state index contributed by atoms with van der Waals surface area (Å²) in [6.45, 7) is 0.251. The van der Waals surface area contributed by atoms with Crippen LogP contribution in [0.15, 0.2) is 63.7 Å². The van der Waals surface area contributed by atoms with E-state index >= 15 is 0 Å². The first-order chi connectivity index (χ1) is 15.1. The number of sulfonamides is 2. The molecular weight excluding hydrogens is 496 g/mol. The second-order valence-electron chi connectivity index (χ2n) is 6.71. The molecule has 4 rings (SSSR count). The van der Waals surface area contributed by atoms with Crippen molar-refractivity contribution in [1.29, 1.82) is 0 Å². The van der Waals surface area contributed by atoms with E-state index in [4.69, 9.17) is 21.5 Å². The van der Waals surface area contributed by atoms with Crippen LogP contribution in [0.25, 0.3) is 10.9 Å². The van der Waals surface area contributed by atoms with E-state index in [0.717, 1.165) is 16.9 Å². The molecule has 3 N–H and O–H groups in total. The predicted octanol–water partition coefficient (Wildman–Crippen LogP) is 3.26. The fourth-order valence-corrected chi connectivity index (χ4v) is 6.14. The Bertz CT molecular complexity index is 1510. The van der Waals surface area contributed by atoms with E-state index in [1.807, 2.05) is 0 Å². The Labute approximate surface area is 193 Å². The van der Waals surface area contributed by atoms with Crippen LogP contribution in [0.3, 0.4) is 0 Å². The van der Waals surface area contributed by atoms with Crippen LogP contribution in [-0.2, 0) is 26.6 Å². The maximum absolute atomic E-state index is 12.8. The van der Waals surface area contributed by atoms with E-state index in [2.05, 4.69) is 9.82 Å². The first-order valence-corrected chi connectivity index (χ1v) is 13.2. The van der Waals surface area contributed by atoms with Crippen LogP contribution in [0, 0.1) is 0 Å². The number of fused-ring (bicyclic) bond motifs is 1. The van der Waals surface area contributed by atoms with Crippen LogP contribution in [0.2, 0.25) is 4.34 Å². The quantitative estimate of drug-likeness (QED) is 0.390. The Morgan fingerprint density at radius 3 is 2.41 bits per heavy atom. The van der Waals surface area contributed by atoms with Gasteiger partial charge in [-0.25, -0.2) is 22.0 Å². The smallest absolute Gasteiger partial charge is 0.272 e. The summed E-state index contributed by atoms with van der Waals surface area (Å²) in [6, 6.07) is 14.2. The minimum absolute atomic E-state index is 0.00343. The zero-order valence-corrected chi connectivity index (χ0v) is 19.7. The summed E-state index contributed by atoms with van der Waals surface area (Å²) in [5, 5.41) is 10.1. The number of nitrogens with two attached hydrogens (primary N) is 1. The molecule has 0 radical (unpaired) electrons. The number of hydrogen-bond acceptors (Lipinski definition) is 7. The highest BCUT2D eigenvalue weighted by molar-refractivity contribution is 7.94. The minimum Gasteiger partial charge on any atom is -0.496 e. The highest BCUT2D eigenvalue weighted by atomic mass is 35.5. The average Bonchev–Trinajstić information content (AvgIpc) is 3.32. The molecule has 0 saturated carbocycles. The van der Waals surface area contributed by atoms with Gasteiger partial charge in [0.2, 0.25) is 10.0 Å². The summed E-state index contributed by atoms with van der Waals surface area (Å²) in [4.78, 5) is -0.00343. The van der Waals surface area contributed by atoms with E-state index in [0.29, 0.717) is 21.0 Å². The van der Waals surface area contributed by atoms with Gasteiger partial charge in [0.1, 0.15) is 9.96 Å². The number of methoxy groups -OCH3 is 1. The Morgan fingerprint density at radius 1 is 1.09 bits per heavy atom. The standard InChI is InChI=1S/C19H17ClN4O5S3/c1-29-15-4-2-3-14-18(15)19(23-32(27,28)17-10-9-16(20)30-17)22-24(14)11-12-5-7-13(8-6-12)31(21,25)26/h2-10H,11H2,1H3,(H,22,23)(H2,21,25,26).